The Hall–Kier alpha value is -1.82. The molecule has 2 aliphatic rings. The van der Waals surface area contributed by atoms with Crippen molar-refractivity contribution >= 4 is 11.8 Å². The molecule has 1 N–H and O–H groups in total. The minimum Gasteiger partial charge on any atom is -0.472 e. The summed E-state index contributed by atoms with van der Waals surface area (Å²) in [6.07, 6.45) is 3.81. The molecule has 6 nitrogen and oxygen atoms in total. The second kappa shape index (κ2) is 5.43. The van der Waals surface area contributed by atoms with Crippen molar-refractivity contribution in [3.05, 3.63) is 24.2 Å². The fraction of sp³-hybridized carbons (Fsp3) is 0.625. The standard InChI is InChI=1S/C16H23N3O3/c1-11(2)17-14(20)13-6-16(8-18(13)3)9-19(10-16)15(21)12-4-5-22-7-12/h4-5,7,11,13H,6,8-10H2,1-3H3,(H,17,20). The minimum atomic E-state index is -0.0893. The third-order valence-electron chi connectivity index (χ3n) is 4.58. The van der Waals surface area contributed by atoms with Crippen molar-refractivity contribution in [1.29, 1.82) is 0 Å². The summed E-state index contributed by atoms with van der Waals surface area (Å²) >= 11 is 0. The molecule has 1 atom stereocenters. The number of carbonyl (C=O) groups excluding carboxylic acids is 2. The quantitative estimate of drug-likeness (QED) is 0.903. The second-order valence-electron chi connectivity index (χ2n) is 6.97. The van der Waals surface area contributed by atoms with E-state index in [-0.39, 0.29) is 29.3 Å². The summed E-state index contributed by atoms with van der Waals surface area (Å²) in [6.45, 7) is 6.23. The number of carbonyl (C=O) groups is 2. The van der Waals surface area contributed by atoms with Gasteiger partial charge in [0.25, 0.3) is 5.91 Å². The van der Waals surface area contributed by atoms with E-state index >= 15 is 0 Å². The summed E-state index contributed by atoms with van der Waals surface area (Å²) < 4.78 is 4.97. The molecule has 2 aliphatic heterocycles. The van der Waals surface area contributed by atoms with Gasteiger partial charge in [-0.15, -0.1) is 0 Å². The van der Waals surface area contributed by atoms with Crippen molar-refractivity contribution in [2.75, 3.05) is 26.7 Å². The van der Waals surface area contributed by atoms with Crippen LogP contribution >= 0.6 is 0 Å². The third-order valence-corrected chi connectivity index (χ3v) is 4.58. The van der Waals surface area contributed by atoms with Gasteiger partial charge in [-0.05, 0) is 33.4 Å². The smallest absolute Gasteiger partial charge is 0.257 e. The molecule has 0 aliphatic carbocycles. The maximum Gasteiger partial charge on any atom is 0.257 e. The van der Waals surface area contributed by atoms with Crippen LogP contribution in [0.1, 0.15) is 30.6 Å². The number of furan rings is 1. The molecule has 6 heteroatoms. The van der Waals surface area contributed by atoms with Crippen LogP contribution < -0.4 is 5.32 Å². The Bertz CT molecular complexity index is 561. The zero-order valence-corrected chi connectivity index (χ0v) is 13.3. The Labute approximate surface area is 130 Å². The minimum absolute atomic E-state index is 0.0112. The van der Waals surface area contributed by atoms with Crippen molar-refractivity contribution in [3.63, 3.8) is 0 Å². The number of rotatable bonds is 3. The largest absolute Gasteiger partial charge is 0.472 e. The Morgan fingerprint density at radius 3 is 2.68 bits per heavy atom. The molecule has 1 aromatic heterocycles. The van der Waals surface area contributed by atoms with E-state index in [1.54, 1.807) is 6.07 Å². The molecule has 2 amide bonds. The normalized spacial score (nSPS) is 23.8. The number of nitrogens with one attached hydrogen (secondary N) is 1. The van der Waals surface area contributed by atoms with Crippen LogP contribution in [0, 0.1) is 5.41 Å². The molecule has 120 valence electrons. The number of nitrogens with zero attached hydrogens (tertiary/aromatic N) is 2. The summed E-state index contributed by atoms with van der Waals surface area (Å²) in [5.41, 5.74) is 0.656. The van der Waals surface area contributed by atoms with Crippen molar-refractivity contribution in [3.8, 4) is 0 Å². The summed E-state index contributed by atoms with van der Waals surface area (Å²) in [7, 11) is 1.99. The van der Waals surface area contributed by atoms with Gasteiger partial charge in [-0.1, -0.05) is 0 Å². The lowest BCUT2D eigenvalue weighted by molar-refractivity contribution is -0.125. The van der Waals surface area contributed by atoms with Gasteiger partial charge in [0.2, 0.25) is 5.91 Å². The Balaban J connectivity index is 1.59. The van der Waals surface area contributed by atoms with Gasteiger partial charge in [-0.3, -0.25) is 14.5 Å². The Morgan fingerprint density at radius 1 is 1.36 bits per heavy atom. The van der Waals surface area contributed by atoms with Crippen molar-refractivity contribution < 1.29 is 14.0 Å². The molecule has 0 radical (unpaired) electrons. The first-order valence-corrected chi connectivity index (χ1v) is 7.72. The molecule has 2 fully saturated rings. The predicted molar refractivity (Wildman–Crippen MR) is 81.4 cm³/mol. The first-order chi connectivity index (χ1) is 10.4. The molecule has 0 bridgehead atoms. The van der Waals surface area contributed by atoms with E-state index in [1.165, 1.54) is 12.5 Å². The highest BCUT2D eigenvalue weighted by Gasteiger charge is 2.53. The molecule has 2 saturated heterocycles. The topological polar surface area (TPSA) is 65.8 Å². The van der Waals surface area contributed by atoms with Crippen molar-refractivity contribution in [2.24, 2.45) is 5.41 Å². The fourth-order valence-corrected chi connectivity index (χ4v) is 3.65. The van der Waals surface area contributed by atoms with E-state index in [9.17, 15) is 9.59 Å². The maximum atomic E-state index is 12.3. The summed E-state index contributed by atoms with van der Waals surface area (Å²) in [4.78, 5) is 28.4. The first-order valence-electron chi connectivity index (χ1n) is 7.72. The highest BCUT2D eigenvalue weighted by atomic mass is 16.3. The van der Waals surface area contributed by atoms with Crippen molar-refractivity contribution in [1.82, 2.24) is 15.1 Å². The van der Waals surface area contributed by atoms with Crippen LogP contribution in [0.4, 0.5) is 0 Å². The predicted octanol–water partition coefficient (Wildman–Crippen LogP) is 0.950. The first kappa shape index (κ1) is 15.1. The number of hydrogen-bond donors (Lipinski definition) is 1. The van der Waals surface area contributed by atoms with Gasteiger partial charge < -0.3 is 14.6 Å². The SMILES string of the molecule is CC(C)NC(=O)C1CC2(CN(C(=O)c3ccoc3)C2)CN1C. The van der Waals surface area contributed by atoms with Crippen molar-refractivity contribution in [2.45, 2.75) is 32.4 Å². The van der Waals surface area contributed by atoms with Crippen LogP contribution in [-0.2, 0) is 4.79 Å². The van der Waals surface area contributed by atoms with Crippen LogP contribution in [0.25, 0.3) is 0 Å². The molecule has 3 heterocycles. The van der Waals surface area contributed by atoms with Gasteiger partial charge in [0.05, 0.1) is 17.9 Å². The van der Waals surface area contributed by atoms with Crippen LogP contribution in [0.15, 0.2) is 23.0 Å². The van der Waals surface area contributed by atoms with Gasteiger partial charge in [0, 0.05) is 31.1 Å². The lowest BCUT2D eigenvalue weighted by atomic mass is 9.77. The summed E-state index contributed by atoms with van der Waals surface area (Å²) in [6, 6.07) is 1.75. The lowest BCUT2D eigenvalue weighted by Crippen LogP contribution is -2.59. The van der Waals surface area contributed by atoms with E-state index in [4.69, 9.17) is 4.42 Å². The number of likely N-dealkylation sites (N-methyl/N-ethyl adjacent to an activating group) is 1. The van der Waals surface area contributed by atoms with Gasteiger partial charge in [-0.25, -0.2) is 0 Å². The Kier molecular flexibility index (Phi) is 3.72. The molecule has 22 heavy (non-hydrogen) atoms. The van der Waals surface area contributed by atoms with Crippen LogP contribution in [-0.4, -0.2) is 60.4 Å². The number of amides is 2. The molecule has 0 aromatic carbocycles. The number of hydrogen-bond acceptors (Lipinski definition) is 4. The van der Waals surface area contributed by atoms with E-state index < -0.39 is 0 Å². The van der Waals surface area contributed by atoms with E-state index in [2.05, 4.69) is 10.2 Å². The van der Waals surface area contributed by atoms with Crippen LogP contribution in [0.2, 0.25) is 0 Å². The Morgan fingerprint density at radius 2 is 2.09 bits per heavy atom. The van der Waals surface area contributed by atoms with Gasteiger partial charge in [0.1, 0.15) is 6.26 Å². The van der Waals surface area contributed by atoms with Crippen LogP contribution in [0.5, 0.6) is 0 Å². The summed E-state index contributed by atoms with van der Waals surface area (Å²) in [5, 5.41) is 2.98. The van der Waals surface area contributed by atoms with E-state index in [0.717, 1.165) is 13.0 Å². The maximum absolute atomic E-state index is 12.3. The molecule has 1 aromatic rings. The zero-order valence-electron chi connectivity index (χ0n) is 13.3. The van der Waals surface area contributed by atoms with E-state index in [0.29, 0.717) is 18.7 Å². The average molecular weight is 305 g/mol. The second-order valence-corrected chi connectivity index (χ2v) is 6.97. The lowest BCUT2D eigenvalue weighted by Gasteiger charge is -2.48. The van der Waals surface area contributed by atoms with E-state index in [1.807, 2.05) is 25.8 Å². The third kappa shape index (κ3) is 2.63. The molecule has 1 unspecified atom stereocenters. The molecule has 3 rings (SSSR count). The number of likely N-dealkylation sites (tertiary alicyclic amines) is 2. The molecular formula is C16H23N3O3. The molecule has 0 saturated carbocycles. The van der Waals surface area contributed by atoms with Gasteiger partial charge >= 0.3 is 0 Å². The fourth-order valence-electron chi connectivity index (χ4n) is 3.65. The highest BCUT2D eigenvalue weighted by Crippen LogP contribution is 2.42. The summed E-state index contributed by atoms with van der Waals surface area (Å²) in [5.74, 6) is 0.103. The zero-order chi connectivity index (χ0) is 15.9. The molecular weight excluding hydrogens is 282 g/mol. The van der Waals surface area contributed by atoms with Gasteiger partial charge in [-0.2, -0.15) is 0 Å². The van der Waals surface area contributed by atoms with Gasteiger partial charge in [0.15, 0.2) is 0 Å². The average Bonchev–Trinajstić information content (AvgIpc) is 3.02. The monoisotopic (exact) mass is 305 g/mol. The molecule has 1 spiro atoms. The highest BCUT2D eigenvalue weighted by molar-refractivity contribution is 5.94. The van der Waals surface area contributed by atoms with Crippen LogP contribution in [0.3, 0.4) is 0 Å².